The highest BCUT2D eigenvalue weighted by molar-refractivity contribution is 6.01. The second-order valence-electron chi connectivity index (χ2n) is 2.64. The van der Waals surface area contributed by atoms with Crippen molar-refractivity contribution in [2.45, 2.75) is 26.0 Å². The first-order valence-corrected chi connectivity index (χ1v) is 3.60. The number of aliphatic hydroxyl groups excluding tert-OH is 1. The van der Waals surface area contributed by atoms with Crippen LogP contribution in [0.2, 0.25) is 0 Å². The van der Waals surface area contributed by atoms with Gasteiger partial charge in [-0.25, -0.2) is 0 Å². The predicted octanol–water partition coefficient (Wildman–Crippen LogP) is -1.00. The third-order valence-corrected chi connectivity index (χ3v) is 1.27. The number of ketones is 1. The monoisotopic (exact) mass is 175 g/mol. The number of carboxylic acids is 1. The molecule has 0 aliphatic carbocycles. The lowest BCUT2D eigenvalue weighted by Crippen LogP contribution is -2.44. The summed E-state index contributed by atoms with van der Waals surface area (Å²) < 4.78 is 0. The first kappa shape index (κ1) is 11.1. The summed E-state index contributed by atoms with van der Waals surface area (Å²) in [4.78, 5) is 21.1. The first-order valence-electron chi connectivity index (χ1n) is 3.60. The molecular weight excluding hydrogens is 162 g/mol. The van der Waals surface area contributed by atoms with Gasteiger partial charge in [0.1, 0.15) is 0 Å². The van der Waals surface area contributed by atoms with Crippen LogP contribution in [0.25, 0.3) is 0 Å². The zero-order valence-electron chi connectivity index (χ0n) is 7.07. The van der Waals surface area contributed by atoms with Crippen LogP contribution < -0.4 is 5.32 Å². The number of aliphatic hydroxyl groups is 1. The van der Waals surface area contributed by atoms with E-state index in [-0.39, 0.29) is 6.54 Å². The topological polar surface area (TPSA) is 86.6 Å². The smallest absolute Gasteiger partial charge is 0.328 e. The average molecular weight is 175 g/mol. The Morgan fingerprint density at radius 2 is 2.00 bits per heavy atom. The Bertz CT molecular complexity index is 164. The Hall–Kier alpha value is -0.940. The molecule has 0 saturated heterocycles. The minimum Gasteiger partial charge on any atom is -0.480 e. The van der Waals surface area contributed by atoms with Crippen molar-refractivity contribution in [3.8, 4) is 0 Å². The van der Waals surface area contributed by atoms with Crippen LogP contribution in [0.4, 0.5) is 0 Å². The summed E-state index contributed by atoms with van der Waals surface area (Å²) in [5.74, 6) is -1.69. The van der Waals surface area contributed by atoms with Crippen LogP contribution in [0, 0.1) is 0 Å². The number of aliphatic carboxylic acids is 1. The molecule has 2 atom stereocenters. The van der Waals surface area contributed by atoms with E-state index in [2.05, 4.69) is 5.32 Å². The van der Waals surface area contributed by atoms with Gasteiger partial charge in [-0.3, -0.25) is 14.9 Å². The summed E-state index contributed by atoms with van der Waals surface area (Å²) >= 11 is 0. The van der Waals surface area contributed by atoms with Crippen LogP contribution >= 0.6 is 0 Å². The van der Waals surface area contributed by atoms with Gasteiger partial charge in [-0.1, -0.05) is 0 Å². The van der Waals surface area contributed by atoms with Crippen LogP contribution in [0.1, 0.15) is 13.8 Å². The molecule has 5 nitrogen and oxygen atoms in total. The highest BCUT2D eigenvalue weighted by atomic mass is 16.4. The number of rotatable bonds is 5. The quantitative estimate of drug-likeness (QED) is 0.466. The van der Waals surface area contributed by atoms with E-state index in [0.29, 0.717) is 0 Å². The Balaban J connectivity index is 3.97. The van der Waals surface area contributed by atoms with E-state index in [9.17, 15) is 9.59 Å². The Kier molecular flexibility index (Phi) is 4.46. The number of carbonyl (C=O) groups is 2. The fraction of sp³-hybridized carbons (Fsp3) is 0.714. The normalized spacial score (nSPS) is 15.2. The molecule has 2 unspecified atom stereocenters. The zero-order chi connectivity index (χ0) is 9.72. The zero-order valence-corrected chi connectivity index (χ0v) is 7.07. The van der Waals surface area contributed by atoms with Crippen LogP contribution in [0.15, 0.2) is 0 Å². The van der Waals surface area contributed by atoms with Gasteiger partial charge < -0.3 is 10.2 Å². The third-order valence-electron chi connectivity index (χ3n) is 1.27. The number of carbonyl (C=O) groups excluding carboxylic acids is 1. The Morgan fingerprint density at radius 3 is 2.25 bits per heavy atom. The SMILES string of the molecule is CC(=O)C(NCC(C)O)C(=O)O. The highest BCUT2D eigenvalue weighted by Gasteiger charge is 2.21. The van der Waals surface area contributed by atoms with E-state index in [4.69, 9.17) is 10.2 Å². The van der Waals surface area contributed by atoms with Crippen molar-refractivity contribution in [2.75, 3.05) is 6.54 Å². The van der Waals surface area contributed by atoms with Gasteiger partial charge >= 0.3 is 5.97 Å². The first-order chi connectivity index (χ1) is 5.45. The molecule has 0 fully saturated rings. The minimum atomic E-state index is -1.22. The van der Waals surface area contributed by atoms with E-state index in [1.165, 1.54) is 13.8 Å². The lowest BCUT2D eigenvalue weighted by Gasteiger charge is -2.11. The fourth-order valence-electron chi connectivity index (χ4n) is 0.693. The Morgan fingerprint density at radius 1 is 1.50 bits per heavy atom. The molecule has 0 aromatic heterocycles. The van der Waals surface area contributed by atoms with Crippen molar-refractivity contribution in [1.29, 1.82) is 0 Å². The standard InChI is InChI=1S/C7H13NO4/c1-4(9)3-8-6(5(2)10)7(11)12/h4,6,8-9H,3H2,1-2H3,(H,11,12). The second-order valence-corrected chi connectivity index (χ2v) is 2.64. The summed E-state index contributed by atoms with van der Waals surface area (Å²) in [6.45, 7) is 2.79. The van der Waals surface area contributed by atoms with E-state index in [1.54, 1.807) is 0 Å². The maximum atomic E-state index is 10.7. The van der Waals surface area contributed by atoms with E-state index < -0.39 is 23.9 Å². The average Bonchev–Trinajstić information content (AvgIpc) is 1.84. The highest BCUT2D eigenvalue weighted by Crippen LogP contribution is 1.87. The van der Waals surface area contributed by atoms with Crippen LogP contribution in [0.5, 0.6) is 0 Å². The molecule has 70 valence electrons. The molecule has 0 amide bonds. The summed E-state index contributed by atoms with van der Waals surface area (Å²) in [6, 6.07) is -1.21. The van der Waals surface area contributed by atoms with Gasteiger partial charge in [0.15, 0.2) is 11.8 Å². The lowest BCUT2D eigenvalue weighted by molar-refractivity contribution is -0.143. The summed E-state index contributed by atoms with van der Waals surface area (Å²) in [7, 11) is 0. The van der Waals surface area contributed by atoms with Crippen molar-refractivity contribution in [3.63, 3.8) is 0 Å². The van der Waals surface area contributed by atoms with Gasteiger partial charge in [-0.15, -0.1) is 0 Å². The molecule has 0 aromatic carbocycles. The molecule has 0 saturated carbocycles. The number of nitrogens with one attached hydrogen (secondary N) is 1. The summed E-state index contributed by atoms with van der Waals surface area (Å²) in [5, 5.41) is 19.7. The van der Waals surface area contributed by atoms with Crippen LogP contribution in [-0.4, -0.2) is 40.7 Å². The fourth-order valence-corrected chi connectivity index (χ4v) is 0.693. The number of Topliss-reactive ketones (excluding diaryl/α,β-unsaturated/α-hetero) is 1. The van der Waals surface area contributed by atoms with Crippen LogP contribution in [0.3, 0.4) is 0 Å². The van der Waals surface area contributed by atoms with Crippen molar-refractivity contribution < 1.29 is 19.8 Å². The molecule has 0 radical (unpaired) electrons. The third kappa shape index (κ3) is 4.05. The number of hydrogen-bond donors (Lipinski definition) is 3. The van der Waals surface area contributed by atoms with Gasteiger partial charge in [0.25, 0.3) is 0 Å². The molecular formula is C7H13NO4. The molecule has 12 heavy (non-hydrogen) atoms. The second kappa shape index (κ2) is 4.84. The van der Waals surface area contributed by atoms with E-state index >= 15 is 0 Å². The maximum absolute atomic E-state index is 10.7. The van der Waals surface area contributed by atoms with Crippen LogP contribution in [-0.2, 0) is 9.59 Å². The molecule has 0 spiro atoms. The van der Waals surface area contributed by atoms with Gasteiger partial charge in [0, 0.05) is 6.54 Å². The predicted molar refractivity (Wildman–Crippen MR) is 41.8 cm³/mol. The molecule has 5 heteroatoms. The van der Waals surface area contributed by atoms with Gasteiger partial charge in [-0.2, -0.15) is 0 Å². The summed E-state index contributed by atoms with van der Waals surface area (Å²) in [5.41, 5.74) is 0. The molecule has 3 N–H and O–H groups in total. The van der Waals surface area contributed by atoms with Crippen molar-refractivity contribution in [3.05, 3.63) is 0 Å². The summed E-state index contributed by atoms with van der Waals surface area (Å²) in [6.07, 6.45) is -0.661. The molecule has 0 rings (SSSR count). The van der Waals surface area contributed by atoms with Crippen molar-refractivity contribution >= 4 is 11.8 Å². The maximum Gasteiger partial charge on any atom is 0.328 e. The largest absolute Gasteiger partial charge is 0.480 e. The number of hydrogen-bond acceptors (Lipinski definition) is 4. The van der Waals surface area contributed by atoms with Gasteiger partial charge in [-0.05, 0) is 13.8 Å². The minimum absolute atomic E-state index is 0.0938. The molecule has 0 heterocycles. The van der Waals surface area contributed by atoms with Gasteiger partial charge in [0.2, 0.25) is 0 Å². The van der Waals surface area contributed by atoms with Crippen molar-refractivity contribution in [2.24, 2.45) is 0 Å². The van der Waals surface area contributed by atoms with E-state index in [1.807, 2.05) is 0 Å². The van der Waals surface area contributed by atoms with Crippen molar-refractivity contribution in [1.82, 2.24) is 5.32 Å². The molecule has 0 aromatic rings. The molecule has 0 aliphatic rings. The number of carboxylic acid groups (broad SMARTS) is 1. The lowest BCUT2D eigenvalue weighted by atomic mass is 10.2. The molecule has 0 bridgehead atoms. The Labute approximate surface area is 70.4 Å². The van der Waals surface area contributed by atoms with Gasteiger partial charge in [0.05, 0.1) is 6.10 Å². The molecule has 0 aliphatic heterocycles. The van der Waals surface area contributed by atoms with E-state index in [0.717, 1.165) is 0 Å².